The van der Waals surface area contributed by atoms with Crippen molar-refractivity contribution in [1.82, 2.24) is 19.5 Å². The highest BCUT2D eigenvalue weighted by Crippen LogP contribution is 2.45. The van der Waals surface area contributed by atoms with Crippen LogP contribution in [-0.2, 0) is 27.3 Å². The Morgan fingerprint density at radius 1 is 0.891 bits per heavy atom. The Bertz CT molecular complexity index is 2720. The highest BCUT2D eigenvalue weighted by Gasteiger charge is 2.51. The largest absolute Gasteiger partial charge is 0.497 e. The molecule has 0 bridgehead atoms. The van der Waals surface area contributed by atoms with E-state index < -0.39 is 47.6 Å². The van der Waals surface area contributed by atoms with Gasteiger partial charge in [-0.05, 0) is 94.6 Å². The number of pyridine rings is 1. The molecule has 17 heteroatoms. The quantitative estimate of drug-likeness (QED) is 0.116. The molecule has 6 aromatic rings. The fourth-order valence-corrected chi connectivity index (χ4v) is 8.19. The molecule has 334 valence electrons. The molecule has 1 aliphatic carbocycles. The first-order chi connectivity index (χ1) is 30.4. The van der Waals surface area contributed by atoms with Crippen molar-refractivity contribution in [2.24, 2.45) is 0 Å². The van der Waals surface area contributed by atoms with E-state index in [1.165, 1.54) is 6.07 Å². The number of carbonyl (C=O) groups is 2. The average Bonchev–Trinajstić information content (AvgIpc) is 3.90. The van der Waals surface area contributed by atoms with E-state index in [0.29, 0.717) is 46.1 Å². The van der Waals surface area contributed by atoms with Gasteiger partial charge in [-0.2, -0.15) is 4.98 Å². The van der Waals surface area contributed by atoms with Crippen LogP contribution in [0.4, 0.5) is 25.7 Å². The Hall–Kier alpha value is -6.49. The molecule has 0 unspecified atom stereocenters. The molecule has 3 aromatic heterocycles. The zero-order valence-electron chi connectivity index (χ0n) is 36.6. The summed E-state index contributed by atoms with van der Waals surface area (Å²) < 4.78 is 53.0. The van der Waals surface area contributed by atoms with Crippen molar-refractivity contribution in [3.8, 4) is 17.2 Å². The van der Waals surface area contributed by atoms with Gasteiger partial charge in [-0.15, -0.1) is 4.90 Å². The predicted molar refractivity (Wildman–Crippen MR) is 238 cm³/mol. The van der Waals surface area contributed by atoms with Crippen LogP contribution in [0.25, 0.3) is 21.9 Å². The van der Waals surface area contributed by atoms with Crippen LogP contribution in [0.3, 0.4) is 0 Å². The van der Waals surface area contributed by atoms with Gasteiger partial charge in [0.15, 0.2) is 5.79 Å². The van der Waals surface area contributed by atoms with Crippen LogP contribution in [-0.4, -0.2) is 81.2 Å². The highest BCUT2D eigenvalue weighted by molar-refractivity contribution is 6.33. The number of carboxylic acid groups (broad SMARTS) is 1. The number of amides is 2. The average molecular weight is 895 g/mol. The van der Waals surface area contributed by atoms with E-state index in [9.17, 15) is 14.7 Å². The fourth-order valence-electron chi connectivity index (χ4n) is 7.92. The van der Waals surface area contributed by atoms with Crippen LogP contribution < -0.4 is 24.0 Å². The first kappa shape index (κ1) is 44.1. The van der Waals surface area contributed by atoms with E-state index in [0.717, 1.165) is 28.2 Å². The number of hydrogen-bond donors (Lipinski definition) is 1. The minimum Gasteiger partial charge on any atom is -0.497 e. The number of imide groups is 1. The Kier molecular flexibility index (Phi) is 11.9. The zero-order valence-corrected chi connectivity index (χ0v) is 37.3. The Morgan fingerprint density at radius 2 is 1.53 bits per heavy atom. The van der Waals surface area contributed by atoms with E-state index >= 15 is 4.39 Å². The van der Waals surface area contributed by atoms with Gasteiger partial charge in [0.2, 0.25) is 5.95 Å². The van der Waals surface area contributed by atoms with Crippen molar-refractivity contribution in [3.05, 3.63) is 118 Å². The lowest BCUT2D eigenvalue weighted by molar-refractivity contribution is -0.148. The summed E-state index contributed by atoms with van der Waals surface area (Å²) in [6.45, 7) is 11.1. The summed E-state index contributed by atoms with van der Waals surface area (Å²) >= 11 is 6.90. The molecular formula is C47H48ClFN6O9. The fraction of sp³-hybridized carbons (Fsp3) is 0.340. The van der Waals surface area contributed by atoms with Gasteiger partial charge in [-0.1, -0.05) is 41.9 Å². The molecular weight excluding hydrogens is 847 g/mol. The van der Waals surface area contributed by atoms with Gasteiger partial charge >= 0.3 is 12.2 Å². The second kappa shape index (κ2) is 17.2. The minimum absolute atomic E-state index is 0.00740. The van der Waals surface area contributed by atoms with Gasteiger partial charge in [0.25, 0.3) is 0 Å². The number of rotatable bonds is 12. The molecule has 3 aromatic carbocycles. The number of anilines is 2. The second-order valence-corrected chi connectivity index (χ2v) is 17.4. The van der Waals surface area contributed by atoms with Crippen LogP contribution in [0.2, 0.25) is 5.02 Å². The summed E-state index contributed by atoms with van der Waals surface area (Å²) in [7, 11) is 3.23. The molecule has 1 fully saturated rings. The molecule has 1 aliphatic heterocycles. The first-order valence-corrected chi connectivity index (χ1v) is 20.9. The molecule has 4 heterocycles. The van der Waals surface area contributed by atoms with Crippen molar-refractivity contribution in [1.29, 1.82) is 0 Å². The molecule has 0 spiro atoms. The molecule has 1 saturated heterocycles. The predicted octanol–water partition coefficient (Wildman–Crippen LogP) is 9.80. The standard InChI is InChI=1S/C47H48ClFN6O9/c1-26-33-17-18-54(41(33)52-43(50-26)55(44(56)57)45(58)64-46(2,3)4)38-19-29(39-40(38)63-47(5,6)62-39)25-61-32-20-36(49)34-22-35(48)42(51-37(34)21-32)53(23-27-9-13-30(59-7)14-10-27)24-28-11-15-31(60-8)16-12-28/h9-22,38-40H,23-25H2,1-8H3,(H,56,57)/t38-,39-,40+/m1/s1. The smallest absolute Gasteiger partial charge is 0.427 e. The topological polar surface area (TPSA) is 160 Å². The van der Waals surface area contributed by atoms with Crippen LogP contribution >= 0.6 is 11.6 Å². The van der Waals surface area contributed by atoms with Crippen LogP contribution in [0.15, 0.2) is 90.6 Å². The number of aryl methyl sites for hydroxylation is 1. The lowest BCUT2D eigenvalue weighted by Gasteiger charge is -2.26. The summed E-state index contributed by atoms with van der Waals surface area (Å²) in [5.41, 5.74) is 2.87. The summed E-state index contributed by atoms with van der Waals surface area (Å²) in [5.74, 6) is 0.256. The second-order valence-electron chi connectivity index (χ2n) is 17.0. The van der Waals surface area contributed by atoms with Gasteiger partial charge in [-0.25, -0.2) is 23.9 Å². The number of hydrogen-bond acceptors (Lipinski definition) is 12. The third-order valence-corrected chi connectivity index (χ3v) is 11.1. The van der Waals surface area contributed by atoms with E-state index in [1.54, 1.807) is 60.2 Å². The summed E-state index contributed by atoms with van der Waals surface area (Å²) in [6.07, 6.45) is -0.106. The normalized spacial score (nSPS) is 17.8. The van der Waals surface area contributed by atoms with Crippen molar-refractivity contribution in [2.75, 3.05) is 30.6 Å². The maximum atomic E-state index is 16.0. The lowest BCUT2D eigenvalue weighted by Crippen LogP contribution is -2.41. The van der Waals surface area contributed by atoms with Crippen molar-refractivity contribution in [3.63, 3.8) is 0 Å². The van der Waals surface area contributed by atoms with E-state index in [1.807, 2.05) is 84.0 Å². The number of carbonyl (C=O) groups excluding carboxylic acids is 1. The monoisotopic (exact) mass is 894 g/mol. The molecule has 1 N–H and O–H groups in total. The van der Waals surface area contributed by atoms with Gasteiger partial charge in [0.1, 0.15) is 58.9 Å². The van der Waals surface area contributed by atoms with Gasteiger partial charge in [0.05, 0.1) is 36.5 Å². The number of ether oxygens (including phenoxy) is 6. The minimum atomic E-state index is -1.60. The summed E-state index contributed by atoms with van der Waals surface area (Å²) in [5, 5.41) is 11.2. The van der Waals surface area contributed by atoms with Crippen LogP contribution in [0.1, 0.15) is 57.5 Å². The first-order valence-electron chi connectivity index (χ1n) is 20.5. The van der Waals surface area contributed by atoms with Crippen molar-refractivity contribution < 1.29 is 47.5 Å². The number of aromatic nitrogens is 4. The Labute approximate surface area is 373 Å². The maximum absolute atomic E-state index is 16.0. The molecule has 0 radical (unpaired) electrons. The molecule has 0 saturated carbocycles. The van der Waals surface area contributed by atoms with E-state index in [2.05, 4.69) is 9.97 Å². The highest BCUT2D eigenvalue weighted by atomic mass is 35.5. The number of fused-ring (bicyclic) bond motifs is 3. The molecule has 15 nitrogen and oxygen atoms in total. The number of halogens is 2. The number of nitrogens with zero attached hydrogens (tertiary/aromatic N) is 6. The van der Waals surface area contributed by atoms with Gasteiger partial charge in [0, 0.05) is 42.2 Å². The van der Waals surface area contributed by atoms with Crippen LogP contribution in [0.5, 0.6) is 17.2 Å². The molecule has 64 heavy (non-hydrogen) atoms. The molecule has 2 aliphatic rings. The molecule has 3 atom stereocenters. The Morgan fingerprint density at radius 3 is 2.12 bits per heavy atom. The third-order valence-electron chi connectivity index (χ3n) is 10.8. The maximum Gasteiger partial charge on any atom is 0.427 e. The van der Waals surface area contributed by atoms with Crippen LogP contribution in [0, 0.1) is 12.7 Å². The van der Waals surface area contributed by atoms with E-state index in [4.69, 9.17) is 45.0 Å². The number of benzene rings is 3. The van der Waals surface area contributed by atoms with Gasteiger partial charge < -0.3 is 43.0 Å². The summed E-state index contributed by atoms with van der Waals surface area (Å²) in [6, 6.07) is 21.3. The van der Waals surface area contributed by atoms with E-state index in [-0.39, 0.29) is 28.7 Å². The number of methoxy groups -OCH3 is 2. The lowest BCUT2D eigenvalue weighted by atomic mass is 10.1. The van der Waals surface area contributed by atoms with Crippen molar-refractivity contribution >= 4 is 57.5 Å². The third kappa shape index (κ3) is 9.12. The Balaban J connectivity index is 1.10. The van der Waals surface area contributed by atoms with Gasteiger partial charge in [-0.3, -0.25) is 0 Å². The van der Waals surface area contributed by atoms with Crippen molar-refractivity contribution in [2.45, 2.75) is 84.3 Å². The molecule has 8 rings (SSSR count). The SMILES string of the molecule is COc1ccc(CN(Cc2ccc(OC)cc2)c2nc3cc(OCC4=C[C@@H](n5ccc6c(C)nc(N(C(=O)O)C(=O)OC(C)(C)C)nc65)[C@@H]5OC(C)(C)O[C@H]45)cc(F)c3cc2Cl)cc1. The molecule has 2 amide bonds. The zero-order chi connectivity index (χ0) is 45.7. The summed E-state index contributed by atoms with van der Waals surface area (Å²) in [4.78, 5) is 41.7.